The van der Waals surface area contributed by atoms with Gasteiger partial charge in [0.15, 0.2) is 5.60 Å². The van der Waals surface area contributed by atoms with Gasteiger partial charge in [-0.1, -0.05) is 22.0 Å². The Kier molecular flexibility index (Phi) is 2.59. The van der Waals surface area contributed by atoms with E-state index in [1.54, 1.807) is 11.8 Å². The molecule has 1 N–H and O–H groups in total. The molecule has 0 saturated carbocycles. The maximum Gasteiger partial charge on any atom is 0.263 e. The molecule has 0 spiro atoms. The average molecular weight is 284 g/mol. The van der Waals surface area contributed by atoms with Crippen molar-refractivity contribution >= 4 is 27.5 Å². The molecule has 0 aliphatic carbocycles. The highest BCUT2D eigenvalue weighted by Gasteiger charge is 2.47. The highest BCUT2D eigenvalue weighted by atomic mass is 79.9. The Morgan fingerprint density at radius 2 is 2.12 bits per heavy atom. The molecule has 86 valence electrons. The number of aliphatic hydroxyl groups is 1. The van der Waals surface area contributed by atoms with Crippen molar-refractivity contribution in [2.45, 2.75) is 26.4 Å². The molecule has 1 aliphatic rings. The van der Waals surface area contributed by atoms with Crippen LogP contribution in [0.3, 0.4) is 0 Å². The number of rotatable bonds is 1. The third-order valence-corrected chi connectivity index (χ3v) is 4.09. The van der Waals surface area contributed by atoms with Crippen molar-refractivity contribution in [3.05, 3.63) is 27.7 Å². The van der Waals surface area contributed by atoms with Gasteiger partial charge in [0.2, 0.25) is 0 Å². The maximum atomic E-state index is 12.0. The molecule has 0 fully saturated rings. The van der Waals surface area contributed by atoms with E-state index in [1.807, 2.05) is 26.0 Å². The maximum absolute atomic E-state index is 12.0. The predicted octanol–water partition coefficient (Wildman–Crippen LogP) is 2.33. The van der Waals surface area contributed by atoms with Gasteiger partial charge in [0.05, 0.1) is 5.69 Å². The third-order valence-electron chi connectivity index (χ3n) is 3.07. The Labute approximate surface area is 103 Å². The number of likely N-dealkylation sites (N-methyl/N-ethyl adjacent to an activating group) is 1. The first kappa shape index (κ1) is 11.6. The van der Waals surface area contributed by atoms with Crippen molar-refractivity contribution in [3.63, 3.8) is 0 Å². The van der Waals surface area contributed by atoms with Gasteiger partial charge in [0.25, 0.3) is 5.91 Å². The number of nitrogens with zero attached hydrogens (tertiary/aromatic N) is 1. The van der Waals surface area contributed by atoms with E-state index in [0.717, 1.165) is 15.7 Å². The number of halogens is 1. The van der Waals surface area contributed by atoms with Crippen LogP contribution in [-0.4, -0.2) is 17.6 Å². The van der Waals surface area contributed by atoms with Gasteiger partial charge in [-0.05, 0) is 32.4 Å². The van der Waals surface area contributed by atoms with E-state index in [-0.39, 0.29) is 5.91 Å². The first-order chi connectivity index (χ1) is 7.41. The van der Waals surface area contributed by atoms with E-state index < -0.39 is 5.60 Å². The number of anilines is 1. The van der Waals surface area contributed by atoms with Crippen LogP contribution in [0, 0.1) is 6.92 Å². The minimum atomic E-state index is -1.42. The highest BCUT2D eigenvalue weighted by Crippen LogP contribution is 2.45. The highest BCUT2D eigenvalue weighted by molar-refractivity contribution is 9.10. The number of hydrogen-bond donors (Lipinski definition) is 1. The Bertz CT molecular complexity index is 468. The predicted molar refractivity (Wildman–Crippen MR) is 66.5 cm³/mol. The van der Waals surface area contributed by atoms with Crippen LogP contribution in [0.15, 0.2) is 16.6 Å². The van der Waals surface area contributed by atoms with Gasteiger partial charge >= 0.3 is 0 Å². The standard InChI is InChI=1S/C12H14BrNO2/c1-4-14-8-6-5-7(2)10(13)9(8)12(3,16)11(14)15/h5-6,16H,4H2,1-3H3. The molecule has 1 amide bonds. The summed E-state index contributed by atoms with van der Waals surface area (Å²) in [7, 11) is 0. The van der Waals surface area contributed by atoms with Crippen molar-refractivity contribution in [2.75, 3.05) is 11.4 Å². The fraction of sp³-hybridized carbons (Fsp3) is 0.417. The number of fused-ring (bicyclic) bond motifs is 1. The molecule has 1 aromatic carbocycles. The van der Waals surface area contributed by atoms with Crippen LogP contribution in [0.1, 0.15) is 25.0 Å². The molecule has 2 rings (SSSR count). The van der Waals surface area contributed by atoms with Gasteiger partial charge < -0.3 is 10.0 Å². The summed E-state index contributed by atoms with van der Waals surface area (Å²) in [6, 6.07) is 3.83. The number of amides is 1. The number of hydrogen-bond acceptors (Lipinski definition) is 2. The zero-order valence-corrected chi connectivity index (χ0v) is 11.1. The summed E-state index contributed by atoms with van der Waals surface area (Å²) in [5, 5.41) is 10.3. The van der Waals surface area contributed by atoms with Gasteiger partial charge in [-0.15, -0.1) is 0 Å². The van der Waals surface area contributed by atoms with Crippen molar-refractivity contribution in [1.29, 1.82) is 0 Å². The minimum absolute atomic E-state index is 0.253. The molecule has 1 aromatic rings. The van der Waals surface area contributed by atoms with E-state index in [4.69, 9.17) is 0 Å². The molecule has 1 unspecified atom stereocenters. The summed E-state index contributed by atoms with van der Waals surface area (Å²) in [4.78, 5) is 13.6. The van der Waals surface area contributed by atoms with Crippen LogP contribution >= 0.6 is 15.9 Å². The smallest absolute Gasteiger partial charge is 0.263 e. The van der Waals surface area contributed by atoms with Gasteiger partial charge in [0, 0.05) is 16.6 Å². The topological polar surface area (TPSA) is 40.5 Å². The minimum Gasteiger partial charge on any atom is -0.375 e. The number of benzene rings is 1. The number of aryl methyl sites for hydroxylation is 1. The molecular formula is C12H14BrNO2. The van der Waals surface area contributed by atoms with Crippen molar-refractivity contribution in [1.82, 2.24) is 0 Å². The molecule has 1 atom stereocenters. The lowest BCUT2D eigenvalue weighted by Gasteiger charge is -2.17. The van der Waals surface area contributed by atoms with Gasteiger partial charge in [-0.2, -0.15) is 0 Å². The Morgan fingerprint density at radius 3 is 2.69 bits per heavy atom. The van der Waals surface area contributed by atoms with E-state index in [9.17, 15) is 9.90 Å². The lowest BCUT2D eigenvalue weighted by atomic mass is 9.96. The SMILES string of the molecule is CCN1C(=O)C(C)(O)c2c1ccc(C)c2Br. The van der Waals surface area contributed by atoms with Crippen LogP contribution in [0.4, 0.5) is 5.69 Å². The molecule has 0 saturated heterocycles. The molecule has 3 nitrogen and oxygen atoms in total. The van der Waals surface area contributed by atoms with Crippen LogP contribution in [0.5, 0.6) is 0 Å². The van der Waals surface area contributed by atoms with E-state index in [1.165, 1.54) is 0 Å². The summed E-state index contributed by atoms with van der Waals surface area (Å²) in [5.74, 6) is -0.253. The molecule has 0 radical (unpaired) electrons. The second-order valence-electron chi connectivity index (χ2n) is 4.21. The molecule has 0 bridgehead atoms. The van der Waals surface area contributed by atoms with E-state index in [2.05, 4.69) is 15.9 Å². The van der Waals surface area contributed by atoms with Crippen LogP contribution in [-0.2, 0) is 10.4 Å². The molecule has 0 aromatic heterocycles. The Balaban J connectivity index is 2.74. The fourth-order valence-electron chi connectivity index (χ4n) is 2.15. The zero-order valence-electron chi connectivity index (χ0n) is 9.54. The largest absolute Gasteiger partial charge is 0.375 e. The van der Waals surface area contributed by atoms with Gasteiger partial charge in [-0.3, -0.25) is 4.79 Å². The molecular weight excluding hydrogens is 270 g/mol. The summed E-state index contributed by atoms with van der Waals surface area (Å²) in [5.41, 5.74) is 1.08. The first-order valence-corrected chi connectivity index (χ1v) is 6.04. The molecule has 1 heterocycles. The van der Waals surface area contributed by atoms with Gasteiger partial charge in [0.1, 0.15) is 0 Å². The lowest BCUT2D eigenvalue weighted by molar-refractivity contribution is -0.134. The monoisotopic (exact) mass is 283 g/mol. The molecule has 16 heavy (non-hydrogen) atoms. The van der Waals surface area contributed by atoms with E-state index in [0.29, 0.717) is 12.1 Å². The van der Waals surface area contributed by atoms with Crippen LogP contribution < -0.4 is 4.90 Å². The van der Waals surface area contributed by atoms with Gasteiger partial charge in [-0.25, -0.2) is 0 Å². The average Bonchev–Trinajstić information content (AvgIpc) is 2.42. The normalized spacial score (nSPS) is 23.8. The summed E-state index contributed by atoms with van der Waals surface area (Å²) >= 11 is 3.45. The summed E-state index contributed by atoms with van der Waals surface area (Å²) in [6.07, 6.45) is 0. The Hall–Kier alpha value is -0.870. The fourth-order valence-corrected chi connectivity index (χ4v) is 2.87. The molecule has 1 aliphatic heterocycles. The van der Waals surface area contributed by atoms with Crippen molar-refractivity contribution in [3.8, 4) is 0 Å². The Morgan fingerprint density at radius 1 is 1.50 bits per heavy atom. The second kappa shape index (κ2) is 3.57. The number of carbonyl (C=O) groups excluding carboxylic acids is 1. The van der Waals surface area contributed by atoms with Crippen LogP contribution in [0.25, 0.3) is 0 Å². The van der Waals surface area contributed by atoms with E-state index >= 15 is 0 Å². The zero-order chi connectivity index (χ0) is 12.1. The summed E-state index contributed by atoms with van der Waals surface area (Å²) < 4.78 is 0.819. The molecule has 4 heteroatoms. The summed E-state index contributed by atoms with van der Waals surface area (Å²) in [6.45, 7) is 5.96. The van der Waals surface area contributed by atoms with Crippen molar-refractivity contribution in [2.24, 2.45) is 0 Å². The number of carbonyl (C=O) groups is 1. The quantitative estimate of drug-likeness (QED) is 0.860. The van der Waals surface area contributed by atoms with Crippen LogP contribution in [0.2, 0.25) is 0 Å². The first-order valence-electron chi connectivity index (χ1n) is 5.25. The lowest BCUT2D eigenvalue weighted by Crippen LogP contribution is -2.37. The third kappa shape index (κ3) is 1.33. The van der Waals surface area contributed by atoms with Crippen molar-refractivity contribution < 1.29 is 9.90 Å². The second-order valence-corrected chi connectivity index (χ2v) is 5.01.